The summed E-state index contributed by atoms with van der Waals surface area (Å²) < 4.78 is 15.6. The first-order valence-electron chi connectivity index (χ1n) is 7.64. The van der Waals surface area contributed by atoms with Crippen molar-refractivity contribution < 1.29 is 18.7 Å². The lowest BCUT2D eigenvalue weighted by molar-refractivity contribution is 0.0725. The molecule has 3 rings (SSSR count). The van der Waals surface area contributed by atoms with Gasteiger partial charge < -0.3 is 13.9 Å². The maximum atomic E-state index is 12.3. The zero-order chi connectivity index (χ0) is 19.2. The van der Waals surface area contributed by atoms with Crippen molar-refractivity contribution in [2.75, 3.05) is 7.11 Å². The van der Waals surface area contributed by atoms with Gasteiger partial charge in [-0.15, -0.1) is 0 Å². The lowest BCUT2D eigenvalue weighted by Gasteiger charge is -2.08. The number of hydrogen-bond acceptors (Lipinski definition) is 8. The molecule has 138 valence electrons. The highest BCUT2D eigenvalue weighted by Crippen LogP contribution is 2.24. The number of rotatable bonds is 6. The monoisotopic (exact) mass is 404 g/mol. The largest absolute Gasteiger partial charge is 0.496 e. The predicted octanol–water partition coefficient (Wildman–Crippen LogP) is 3.60. The standard InChI is InChI=1S/C18H13ClN2O5S/c1-24-15-4-3-11(19)7-13(15)17(23)26-16-9-25-12(8-14(16)22)10-27-18-20-5-2-6-21-18/h2-9H,10H2,1H3. The first-order valence-corrected chi connectivity index (χ1v) is 9.00. The zero-order valence-electron chi connectivity index (χ0n) is 14.0. The molecule has 0 saturated carbocycles. The second-order valence-electron chi connectivity index (χ2n) is 5.13. The second kappa shape index (κ2) is 8.70. The number of nitrogens with zero attached hydrogens (tertiary/aromatic N) is 2. The minimum Gasteiger partial charge on any atom is -0.496 e. The van der Waals surface area contributed by atoms with E-state index in [1.165, 1.54) is 37.1 Å². The molecule has 3 aromatic rings. The van der Waals surface area contributed by atoms with Crippen molar-refractivity contribution in [2.45, 2.75) is 10.9 Å². The van der Waals surface area contributed by atoms with E-state index in [-0.39, 0.29) is 17.1 Å². The molecule has 0 saturated heterocycles. The molecule has 1 aromatic carbocycles. The highest BCUT2D eigenvalue weighted by Gasteiger charge is 2.17. The van der Waals surface area contributed by atoms with Crippen molar-refractivity contribution in [3.8, 4) is 11.5 Å². The first-order chi connectivity index (χ1) is 13.1. The van der Waals surface area contributed by atoms with Crippen LogP contribution >= 0.6 is 23.4 Å². The minimum absolute atomic E-state index is 0.102. The molecule has 0 radical (unpaired) electrons. The third kappa shape index (κ3) is 4.87. The van der Waals surface area contributed by atoms with Crippen molar-refractivity contribution in [3.63, 3.8) is 0 Å². The molecule has 0 fully saturated rings. The van der Waals surface area contributed by atoms with Crippen LogP contribution in [0.3, 0.4) is 0 Å². The minimum atomic E-state index is -0.776. The normalized spacial score (nSPS) is 10.4. The van der Waals surface area contributed by atoms with Gasteiger partial charge in [0.1, 0.15) is 23.3 Å². The molecule has 2 aromatic heterocycles. The Hall–Kier alpha value is -2.84. The van der Waals surface area contributed by atoms with Crippen LogP contribution in [0, 0.1) is 0 Å². The average Bonchev–Trinajstić information content (AvgIpc) is 2.69. The Morgan fingerprint density at radius 3 is 2.70 bits per heavy atom. The van der Waals surface area contributed by atoms with Gasteiger partial charge in [-0.3, -0.25) is 4.79 Å². The van der Waals surface area contributed by atoms with E-state index in [1.54, 1.807) is 24.5 Å². The number of ether oxygens (including phenoxy) is 2. The fourth-order valence-electron chi connectivity index (χ4n) is 2.08. The molecule has 0 bridgehead atoms. The molecule has 0 atom stereocenters. The molecule has 9 heteroatoms. The van der Waals surface area contributed by atoms with Gasteiger partial charge in [0.05, 0.1) is 12.9 Å². The number of halogens is 1. The summed E-state index contributed by atoms with van der Waals surface area (Å²) in [7, 11) is 1.41. The van der Waals surface area contributed by atoms with Crippen LogP contribution in [0.1, 0.15) is 16.1 Å². The lowest BCUT2D eigenvalue weighted by atomic mass is 10.2. The maximum Gasteiger partial charge on any atom is 0.347 e. The van der Waals surface area contributed by atoms with E-state index >= 15 is 0 Å². The predicted molar refractivity (Wildman–Crippen MR) is 99.5 cm³/mol. The van der Waals surface area contributed by atoms with Crippen molar-refractivity contribution in [1.29, 1.82) is 0 Å². The number of carbonyl (C=O) groups is 1. The van der Waals surface area contributed by atoms with Gasteiger partial charge >= 0.3 is 5.97 Å². The van der Waals surface area contributed by atoms with E-state index in [0.717, 1.165) is 6.26 Å². The molecular weight excluding hydrogens is 392 g/mol. The van der Waals surface area contributed by atoms with Crippen LogP contribution in [-0.2, 0) is 5.75 Å². The number of esters is 1. The van der Waals surface area contributed by atoms with Crippen molar-refractivity contribution >= 4 is 29.3 Å². The highest BCUT2D eigenvalue weighted by molar-refractivity contribution is 7.98. The van der Waals surface area contributed by atoms with E-state index in [0.29, 0.717) is 21.7 Å². The molecule has 0 amide bonds. The van der Waals surface area contributed by atoms with E-state index in [1.807, 2.05) is 0 Å². The van der Waals surface area contributed by atoms with Crippen molar-refractivity contribution in [3.05, 3.63) is 75.6 Å². The average molecular weight is 405 g/mol. The Bertz CT molecular complexity index is 1010. The van der Waals surface area contributed by atoms with Gasteiger partial charge in [0.2, 0.25) is 11.2 Å². The molecule has 2 heterocycles. The van der Waals surface area contributed by atoms with Crippen LogP contribution in [-0.4, -0.2) is 23.0 Å². The Morgan fingerprint density at radius 2 is 2.00 bits per heavy atom. The summed E-state index contributed by atoms with van der Waals surface area (Å²) in [5.74, 6) is 0.0331. The SMILES string of the molecule is COc1ccc(Cl)cc1C(=O)Oc1coc(CSc2ncccn2)cc1=O. The quantitative estimate of drug-likeness (QED) is 0.349. The molecule has 0 N–H and O–H groups in total. The van der Waals surface area contributed by atoms with Gasteiger partial charge in [0.15, 0.2) is 5.16 Å². The van der Waals surface area contributed by atoms with Crippen LogP contribution in [0.4, 0.5) is 0 Å². The van der Waals surface area contributed by atoms with Crippen LogP contribution in [0.25, 0.3) is 0 Å². The third-order valence-electron chi connectivity index (χ3n) is 3.32. The summed E-state index contributed by atoms with van der Waals surface area (Å²) in [6, 6.07) is 7.48. The molecular formula is C18H13ClN2O5S. The summed E-state index contributed by atoms with van der Waals surface area (Å²) in [5.41, 5.74) is -0.384. The van der Waals surface area contributed by atoms with Crippen molar-refractivity contribution in [1.82, 2.24) is 9.97 Å². The molecule has 0 spiro atoms. The number of carbonyl (C=O) groups excluding carboxylic acids is 1. The van der Waals surface area contributed by atoms with E-state index in [4.69, 9.17) is 25.5 Å². The Kier molecular flexibility index (Phi) is 6.10. The Labute approximate surface area is 163 Å². The molecule has 7 nitrogen and oxygen atoms in total. The van der Waals surface area contributed by atoms with Crippen LogP contribution < -0.4 is 14.9 Å². The van der Waals surface area contributed by atoms with Crippen LogP contribution in [0.2, 0.25) is 5.02 Å². The topological polar surface area (TPSA) is 91.5 Å². The molecule has 0 aliphatic rings. The number of aromatic nitrogens is 2. The smallest absolute Gasteiger partial charge is 0.347 e. The zero-order valence-corrected chi connectivity index (χ0v) is 15.6. The molecule has 27 heavy (non-hydrogen) atoms. The summed E-state index contributed by atoms with van der Waals surface area (Å²) in [6.07, 6.45) is 4.34. The number of hydrogen-bond donors (Lipinski definition) is 0. The molecule has 0 unspecified atom stereocenters. The lowest BCUT2D eigenvalue weighted by Crippen LogP contribution is -2.15. The fourth-order valence-corrected chi connectivity index (χ4v) is 2.94. The van der Waals surface area contributed by atoms with Gasteiger partial charge in [-0.25, -0.2) is 14.8 Å². The first kappa shape index (κ1) is 18.9. The van der Waals surface area contributed by atoms with Gasteiger partial charge in [-0.1, -0.05) is 23.4 Å². The van der Waals surface area contributed by atoms with Gasteiger partial charge in [0, 0.05) is 23.5 Å². The van der Waals surface area contributed by atoms with Gasteiger partial charge in [-0.2, -0.15) is 0 Å². The molecule has 0 aliphatic heterocycles. The van der Waals surface area contributed by atoms with E-state index in [9.17, 15) is 9.59 Å². The summed E-state index contributed by atoms with van der Waals surface area (Å²) in [6.45, 7) is 0. The van der Waals surface area contributed by atoms with E-state index in [2.05, 4.69) is 9.97 Å². The van der Waals surface area contributed by atoms with E-state index < -0.39 is 11.4 Å². The van der Waals surface area contributed by atoms with Gasteiger partial charge in [0.25, 0.3) is 0 Å². The highest BCUT2D eigenvalue weighted by atomic mass is 35.5. The number of thioether (sulfide) groups is 1. The summed E-state index contributed by atoms with van der Waals surface area (Å²) >= 11 is 7.21. The third-order valence-corrected chi connectivity index (χ3v) is 4.45. The van der Waals surface area contributed by atoms with Crippen LogP contribution in [0.5, 0.6) is 11.5 Å². The number of benzene rings is 1. The second-order valence-corrected chi connectivity index (χ2v) is 6.51. The number of methoxy groups -OCH3 is 1. The Morgan fingerprint density at radius 1 is 1.22 bits per heavy atom. The fraction of sp³-hybridized carbons (Fsp3) is 0.111. The van der Waals surface area contributed by atoms with Crippen LogP contribution in [0.15, 0.2) is 63.4 Å². The summed E-state index contributed by atoms with van der Waals surface area (Å²) in [5, 5.41) is 0.897. The summed E-state index contributed by atoms with van der Waals surface area (Å²) in [4.78, 5) is 32.7. The maximum absolute atomic E-state index is 12.3. The molecule has 0 aliphatic carbocycles. The van der Waals surface area contributed by atoms with Gasteiger partial charge in [-0.05, 0) is 24.3 Å². The van der Waals surface area contributed by atoms with Crippen molar-refractivity contribution in [2.24, 2.45) is 0 Å². The Balaban J connectivity index is 1.72.